The molecule has 0 unspecified atom stereocenters. The first-order valence-corrected chi connectivity index (χ1v) is 9.85. The number of para-hydroxylation sites is 1. The van der Waals surface area contributed by atoms with Crippen molar-refractivity contribution in [3.63, 3.8) is 0 Å². The van der Waals surface area contributed by atoms with Crippen LogP contribution in [0.3, 0.4) is 0 Å². The van der Waals surface area contributed by atoms with Crippen LogP contribution in [0.25, 0.3) is 16.9 Å². The third kappa shape index (κ3) is 3.16. The maximum absolute atomic E-state index is 13.0. The Morgan fingerprint density at radius 2 is 1.90 bits per heavy atom. The van der Waals surface area contributed by atoms with Crippen LogP contribution in [-0.2, 0) is 0 Å². The number of nitrogens with zero attached hydrogens (tertiary/aromatic N) is 2. The van der Waals surface area contributed by atoms with Gasteiger partial charge in [-0.2, -0.15) is 0 Å². The summed E-state index contributed by atoms with van der Waals surface area (Å²) in [4.78, 5) is 17.8. The van der Waals surface area contributed by atoms with E-state index in [1.807, 2.05) is 67.0 Å². The fraction of sp³-hybridized carbons (Fsp3) is 0.167. The molecule has 1 aliphatic rings. The predicted molar refractivity (Wildman–Crippen MR) is 115 cm³/mol. The number of ether oxygens (including phenoxy) is 2. The van der Waals surface area contributed by atoms with E-state index in [1.165, 1.54) is 0 Å². The van der Waals surface area contributed by atoms with Crippen molar-refractivity contribution < 1.29 is 14.3 Å². The van der Waals surface area contributed by atoms with E-state index in [0.717, 1.165) is 33.7 Å². The Bertz CT molecular complexity index is 1280. The van der Waals surface area contributed by atoms with Gasteiger partial charge in [-0.25, -0.2) is 4.98 Å². The van der Waals surface area contributed by atoms with E-state index >= 15 is 0 Å². The number of benzene rings is 2. The summed E-state index contributed by atoms with van der Waals surface area (Å²) in [6, 6.07) is 15.3. The molecule has 0 aliphatic carbocycles. The lowest BCUT2D eigenvalue weighted by atomic mass is 10.1. The van der Waals surface area contributed by atoms with Crippen molar-refractivity contribution in [2.45, 2.75) is 13.8 Å². The Labute approximate surface area is 174 Å². The fourth-order valence-corrected chi connectivity index (χ4v) is 3.65. The third-order valence-electron chi connectivity index (χ3n) is 5.27. The second-order valence-electron chi connectivity index (χ2n) is 7.36. The molecule has 6 heteroatoms. The molecule has 0 atom stereocenters. The minimum atomic E-state index is -0.233. The van der Waals surface area contributed by atoms with Gasteiger partial charge in [0.2, 0.25) is 0 Å². The van der Waals surface area contributed by atoms with E-state index in [2.05, 4.69) is 5.32 Å². The largest absolute Gasteiger partial charge is 0.486 e. The van der Waals surface area contributed by atoms with Crippen molar-refractivity contribution >= 4 is 17.2 Å². The Kier molecular flexibility index (Phi) is 4.39. The molecule has 0 radical (unpaired) electrons. The summed E-state index contributed by atoms with van der Waals surface area (Å²) in [5, 5.41) is 3.02. The monoisotopic (exact) mass is 399 g/mol. The Morgan fingerprint density at radius 1 is 1.03 bits per heavy atom. The number of hydrogen-bond donors (Lipinski definition) is 1. The number of imidazole rings is 1. The zero-order valence-corrected chi connectivity index (χ0v) is 16.8. The number of hydrogen-bond acceptors (Lipinski definition) is 4. The van der Waals surface area contributed by atoms with E-state index in [0.29, 0.717) is 30.3 Å². The highest BCUT2D eigenvalue weighted by Gasteiger charge is 2.21. The molecule has 1 amide bonds. The van der Waals surface area contributed by atoms with Gasteiger partial charge in [-0.1, -0.05) is 24.3 Å². The van der Waals surface area contributed by atoms with Gasteiger partial charge in [0.25, 0.3) is 5.91 Å². The van der Waals surface area contributed by atoms with Crippen molar-refractivity contribution in [1.82, 2.24) is 9.38 Å². The smallest absolute Gasteiger partial charge is 0.259 e. The number of carbonyl (C=O) groups excluding carboxylic acids is 1. The van der Waals surface area contributed by atoms with Crippen LogP contribution in [0.1, 0.15) is 21.5 Å². The first-order chi connectivity index (χ1) is 14.6. The first kappa shape index (κ1) is 18.2. The summed E-state index contributed by atoms with van der Waals surface area (Å²) < 4.78 is 13.3. The summed E-state index contributed by atoms with van der Waals surface area (Å²) in [5.41, 5.74) is 5.99. The maximum Gasteiger partial charge on any atom is 0.259 e. The molecule has 6 nitrogen and oxygen atoms in total. The Hall–Kier alpha value is -3.80. The summed E-state index contributed by atoms with van der Waals surface area (Å²) in [6.45, 7) is 4.92. The van der Waals surface area contributed by atoms with Crippen LogP contribution in [0, 0.1) is 13.8 Å². The average molecular weight is 399 g/mol. The molecule has 0 fully saturated rings. The molecule has 0 spiro atoms. The van der Waals surface area contributed by atoms with Crippen LogP contribution >= 0.6 is 0 Å². The number of aryl methyl sites for hydroxylation is 2. The maximum atomic E-state index is 13.0. The van der Waals surface area contributed by atoms with Gasteiger partial charge in [-0.15, -0.1) is 0 Å². The van der Waals surface area contributed by atoms with Crippen LogP contribution in [0.5, 0.6) is 11.5 Å². The number of pyridine rings is 1. The minimum absolute atomic E-state index is 0.233. The Morgan fingerprint density at radius 3 is 2.77 bits per heavy atom. The lowest BCUT2D eigenvalue weighted by Gasteiger charge is -2.20. The summed E-state index contributed by atoms with van der Waals surface area (Å²) in [6.07, 6.45) is 3.98. The SMILES string of the molecule is Cc1ccc(-c2cn3cccc(C)c3n2)cc1NC(=O)c1cccc2c1OCCO2. The average Bonchev–Trinajstić information content (AvgIpc) is 3.20. The van der Waals surface area contributed by atoms with Crippen LogP contribution in [-0.4, -0.2) is 28.5 Å². The molecule has 30 heavy (non-hydrogen) atoms. The molecule has 150 valence electrons. The van der Waals surface area contributed by atoms with Crippen LogP contribution < -0.4 is 14.8 Å². The number of aromatic nitrogens is 2. The molecule has 0 bridgehead atoms. The molecular weight excluding hydrogens is 378 g/mol. The van der Waals surface area contributed by atoms with Crippen LogP contribution in [0.2, 0.25) is 0 Å². The van der Waals surface area contributed by atoms with Gasteiger partial charge in [0.15, 0.2) is 11.5 Å². The molecule has 3 heterocycles. The van der Waals surface area contributed by atoms with Crippen molar-refractivity contribution in [1.29, 1.82) is 0 Å². The van der Waals surface area contributed by atoms with E-state index in [1.54, 1.807) is 12.1 Å². The summed E-state index contributed by atoms with van der Waals surface area (Å²) >= 11 is 0. The molecule has 0 saturated carbocycles. The van der Waals surface area contributed by atoms with Gasteiger partial charge in [-0.3, -0.25) is 4.79 Å². The molecule has 1 N–H and O–H groups in total. The second-order valence-corrected chi connectivity index (χ2v) is 7.36. The van der Waals surface area contributed by atoms with Crippen molar-refractivity contribution in [3.8, 4) is 22.8 Å². The van der Waals surface area contributed by atoms with Crippen molar-refractivity contribution in [2.75, 3.05) is 18.5 Å². The number of amides is 1. The predicted octanol–water partition coefficient (Wildman–Crippen LogP) is 4.64. The molecule has 2 aromatic carbocycles. The Balaban J connectivity index is 1.48. The van der Waals surface area contributed by atoms with Crippen LogP contribution in [0.15, 0.2) is 60.9 Å². The quantitative estimate of drug-likeness (QED) is 0.545. The van der Waals surface area contributed by atoms with Gasteiger partial charge in [-0.05, 0) is 49.2 Å². The lowest BCUT2D eigenvalue weighted by Crippen LogP contribution is -2.20. The van der Waals surface area contributed by atoms with E-state index in [-0.39, 0.29) is 5.91 Å². The molecular formula is C24H21N3O3. The van der Waals surface area contributed by atoms with Gasteiger partial charge in [0.05, 0.1) is 11.3 Å². The van der Waals surface area contributed by atoms with Crippen molar-refractivity contribution in [2.24, 2.45) is 0 Å². The van der Waals surface area contributed by atoms with Gasteiger partial charge in [0, 0.05) is 23.6 Å². The second kappa shape index (κ2) is 7.22. The summed E-state index contributed by atoms with van der Waals surface area (Å²) in [5.74, 6) is 0.855. The highest BCUT2D eigenvalue weighted by atomic mass is 16.6. The standard InChI is InChI=1S/C24H21N3O3/c1-15-8-9-17(20-14-27-10-4-5-16(2)23(27)25-20)13-19(15)26-24(28)18-6-3-7-21-22(18)30-12-11-29-21/h3-10,13-14H,11-12H2,1-2H3,(H,26,28). The third-order valence-corrected chi connectivity index (χ3v) is 5.27. The molecule has 0 saturated heterocycles. The number of rotatable bonds is 3. The zero-order valence-electron chi connectivity index (χ0n) is 16.8. The van der Waals surface area contributed by atoms with E-state index in [9.17, 15) is 4.79 Å². The molecule has 1 aliphatic heterocycles. The number of anilines is 1. The topological polar surface area (TPSA) is 64.9 Å². The molecule has 5 rings (SSSR count). The zero-order chi connectivity index (χ0) is 20.7. The van der Waals surface area contributed by atoms with Gasteiger partial charge < -0.3 is 19.2 Å². The highest BCUT2D eigenvalue weighted by molar-refractivity contribution is 6.07. The van der Waals surface area contributed by atoms with E-state index < -0.39 is 0 Å². The van der Waals surface area contributed by atoms with Crippen LogP contribution in [0.4, 0.5) is 5.69 Å². The molecule has 2 aromatic heterocycles. The van der Waals surface area contributed by atoms with Crippen molar-refractivity contribution in [3.05, 3.63) is 77.6 Å². The first-order valence-electron chi connectivity index (χ1n) is 9.85. The van der Waals surface area contributed by atoms with Gasteiger partial charge in [0.1, 0.15) is 18.9 Å². The van der Waals surface area contributed by atoms with Gasteiger partial charge >= 0.3 is 0 Å². The summed E-state index contributed by atoms with van der Waals surface area (Å²) in [7, 11) is 0. The van der Waals surface area contributed by atoms with E-state index in [4.69, 9.17) is 14.5 Å². The normalized spacial score (nSPS) is 12.7. The number of carbonyl (C=O) groups is 1. The number of nitrogens with one attached hydrogen (secondary N) is 1. The highest BCUT2D eigenvalue weighted by Crippen LogP contribution is 2.34. The minimum Gasteiger partial charge on any atom is -0.486 e. The molecule has 4 aromatic rings. The number of fused-ring (bicyclic) bond motifs is 2. The lowest BCUT2D eigenvalue weighted by molar-refractivity contribution is 0.101. The fourth-order valence-electron chi connectivity index (χ4n) is 3.65.